The van der Waals surface area contributed by atoms with E-state index >= 15 is 0 Å². The Bertz CT molecular complexity index is 746. The maximum Gasteiger partial charge on any atom is 0.341 e. The lowest BCUT2D eigenvalue weighted by Crippen LogP contribution is -2.37. The molecule has 1 saturated heterocycles. The zero-order valence-corrected chi connectivity index (χ0v) is 12.6. The highest BCUT2D eigenvalue weighted by atomic mass is 19.1. The van der Waals surface area contributed by atoms with Crippen LogP contribution in [0.4, 0.5) is 14.5 Å². The molecule has 1 aromatic heterocycles. The molecule has 2 heterocycles. The minimum absolute atomic E-state index is 0.0286. The third-order valence-electron chi connectivity index (χ3n) is 3.68. The molecule has 2 aromatic rings. The van der Waals surface area contributed by atoms with Gasteiger partial charge in [0.05, 0.1) is 25.5 Å². The van der Waals surface area contributed by atoms with Crippen LogP contribution in [0.5, 0.6) is 0 Å². The number of halogens is 2. The van der Waals surface area contributed by atoms with Crippen molar-refractivity contribution in [3.05, 3.63) is 35.5 Å². The number of esters is 1. The second-order valence-electron chi connectivity index (χ2n) is 5.12. The summed E-state index contributed by atoms with van der Waals surface area (Å²) in [7, 11) is 0. The van der Waals surface area contributed by atoms with E-state index in [2.05, 4.69) is 4.98 Å². The van der Waals surface area contributed by atoms with Crippen molar-refractivity contribution in [2.75, 3.05) is 37.8 Å². The molecule has 122 valence electrons. The third kappa shape index (κ3) is 2.96. The Labute approximate surface area is 131 Å². The third-order valence-corrected chi connectivity index (χ3v) is 3.68. The van der Waals surface area contributed by atoms with Gasteiger partial charge in [-0.1, -0.05) is 0 Å². The van der Waals surface area contributed by atoms with Crippen molar-refractivity contribution in [3.8, 4) is 0 Å². The summed E-state index contributed by atoms with van der Waals surface area (Å²) in [6, 6.07) is 1.97. The van der Waals surface area contributed by atoms with Crippen LogP contribution in [-0.2, 0) is 9.47 Å². The Morgan fingerprint density at radius 3 is 2.78 bits per heavy atom. The Morgan fingerprint density at radius 1 is 1.35 bits per heavy atom. The molecule has 0 amide bonds. The van der Waals surface area contributed by atoms with E-state index in [0.717, 1.165) is 6.07 Å². The standard InChI is InChI=1S/C16H16F2N2O3/c1-2-23-16(21)12-9-19-14-11(7-10(17)8-13(14)18)15(12)20-3-5-22-6-4-20/h7-9H,2-6H2,1H3. The highest BCUT2D eigenvalue weighted by molar-refractivity contribution is 6.05. The number of hydrogen-bond acceptors (Lipinski definition) is 5. The zero-order valence-electron chi connectivity index (χ0n) is 12.6. The molecule has 1 aromatic carbocycles. The summed E-state index contributed by atoms with van der Waals surface area (Å²) in [5.74, 6) is -2.04. The van der Waals surface area contributed by atoms with Crippen molar-refractivity contribution >= 4 is 22.6 Å². The Morgan fingerprint density at radius 2 is 2.09 bits per heavy atom. The molecule has 7 heteroatoms. The number of anilines is 1. The molecule has 5 nitrogen and oxygen atoms in total. The summed E-state index contributed by atoms with van der Waals surface area (Å²) in [5, 5.41) is 0.259. The molecule has 0 N–H and O–H groups in total. The van der Waals surface area contributed by atoms with Crippen LogP contribution in [0.1, 0.15) is 17.3 Å². The second kappa shape index (κ2) is 6.45. The van der Waals surface area contributed by atoms with Gasteiger partial charge in [0.1, 0.15) is 16.9 Å². The molecule has 0 saturated carbocycles. The number of aromatic nitrogens is 1. The largest absolute Gasteiger partial charge is 0.462 e. The van der Waals surface area contributed by atoms with Crippen LogP contribution < -0.4 is 4.90 Å². The summed E-state index contributed by atoms with van der Waals surface area (Å²) in [4.78, 5) is 18.1. The molecule has 1 aliphatic rings. The van der Waals surface area contributed by atoms with Crippen LogP contribution in [0.2, 0.25) is 0 Å². The van der Waals surface area contributed by atoms with Crippen LogP contribution in [0.3, 0.4) is 0 Å². The summed E-state index contributed by atoms with van der Waals surface area (Å²) in [6.07, 6.45) is 1.28. The normalized spacial score (nSPS) is 15.0. The lowest BCUT2D eigenvalue weighted by Gasteiger charge is -2.31. The molecular weight excluding hydrogens is 306 g/mol. The minimum Gasteiger partial charge on any atom is -0.462 e. The number of hydrogen-bond donors (Lipinski definition) is 0. The molecule has 1 aliphatic heterocycles. The number of nitrogens with zero attached hydrogens (tertiary/aromatic N) is 2. The van der Waals surface area contributed by atoms with E-state index in [0.29, 0.717) is 32.0 Å². The first-order chi connectivity index (χ1) is 11.1. The van der Waals surface area contributed by atoms with Crippen molar-refractivity contribution < 1.29 is 23.0 Å². The molecule has 0 aliphatic carbocycles. The maximum atomic E-state index is 14.0. The molecule has 1 fully saturated rings. The fourth-order valence-corrected chi connectivity index (χ4v) is 2.70. The van der Waals surface area contributed by atoms with Gasteiger partial charge in [0.2, 0.25) is 0 Å². The number of carbonyl (C=O) groups is 1. The van der Waals surface area contributed by atoms with Crippen LogP contribution in [0.25, 0.3) is 10.9 Å². The summed E-state index contributed by atoms with van der Waals surface area (Å²) >= 11 is 0. The number of ether oxygens (including phenoxy) is 2. The van der Waals surface area contributed by atoms with Crippen molar-refractivity contribution in [1.29, 1.82) is 0 Å². The summed E-state index contributed by atoms with van der Waals surface area (Å²) in [5.41, 5.74) is 0.669. The van der Waals surface area contributed by atoms with Gasteiger partial charge in [0.25, 0.3) is 0 Å². The Hall–Kier alpha value is -2.28. The zero-order chi connectivity index (χ0) is 16.4. The maximum absolute atomic E-state index is 14.0. The molecule has 0 spiro atoms. The van der Waals surface area contributed by atoms with Crippen molar-refractivity contribution in [1.82, 2.24) is 4.98 Å². The lowest BCUT2D eigenvalue weighted by molar-refractivity contribution is 0.0526. The first kappa shape index (κ1) is 15.6. The first-order valence-corrected chi connectivity index (χ1v) is 7.39. The molecule has 0 atom stereocenters. The van der Waals surface area contributed by atoms with Crippen molar-refractivity contribution in [3.63, 3.8) is 0 Å². The average molecular weight is 322 g/mol. The van der Waals surface area contributed by atoms with E-state index in [-0.39, 0.29) is 23.1 Å². The number of fused-ring (bicyclic) bond motifs is 1. The number of rotatable bonds is 3. The van der Waals surface area contributed by atoms with E-state index in [4.69, 9.17) is 9.47 Å². The Balaban J connectivity index is 2.23. The molecule has 0 unspecified atom stereocenters. The van der Waals surface area contributed by atoms with Gasteiger partial charge < -0.3 is 14.4 Å². The lowest BCUT2D eigenvalue weighted by atomic mass is 10.1. The Kier molecular flexibility index (Phi) is 4.38. The van der Waals surface area contributed by atoms with E-state index in [9.17, 15) is 13.6 Å². The van der Waals surface area contributed by atoms with Crippen LogP contribution in [0, 0.1) is 11.6 Å². The number of benzene rings is 1. The van der Waals surface area contributed by atoms with Gasteiger partial charge in [0.15, 0.2) is 5.82 Å². The van der Waals surface area contributed by atoms with Crippen molar-refractivity contribution in [2.24, 2.45) is 0 Å². The minimum atomic E-state index is -0.759. The van der Waals surface area contributed by atoms with Gasteiger partial charge in [0, 0.05) is 30.7 Å². The predicted octanol–water partition coefficient (Wildman–Crippen LogP) is 2.53. The van der Waals surface area contributed by atoms with Gasteiger partial charge in [-0.3, -0.25) is 4.98 Å². The second-order valence-corrected chi connectivity index (χ2v) is 5.12. The van der Waals surface area contributed by atoms with E-state index in [1.165, 1.54) is 12.3 Å². The van der Waals surface area contributed by atoms with E-state index in [1.54, 1.807) is 6.92 Å². The number of carbonyl (C=O) groups excluding carboxylic acids is 1. The van der Waals surface area contributed by atoms with Crippen LogP contribution in [-0.4, -0.2) is 43.9 Å². The highest BCUT2D eigenvalue weighted by Crippen LogP contribution is 2.32. The topological polar surface area (TPSA) is 51.7 Å². The fourth-order valence-electron chi connectivity index (χ4n) is 2.70. The molecule has 3 rings (SSSR count). The predicted molar refractivity (Wildman–Crippen MR) is 80.6 cm³/mol. The smallest absolute Gasteiger partial charge is 0.341 e. The highest BCUT2D eigenvalue weighted by Gasteiger charge is 2.24. The van der Waals surface area contributed by atoms with Crippen LogP contribution in [0.15, 0.2) is 18.3 Å². The molecular formula is C16H16F2N2O3. The summed E-state index contributed by atoms with van der Waals surface area (Å²) < 4.78 is 38.1. The number of pyridine rings is 1. The molecule has 0 bridgehead atoms. The summed E-state index contributed by atoms with van der Waals surface area (Å²) in [6.45, 7) is 3.89. The van der Waals surface area contributed by atoms with Crippen LogP contribution >= 0.6 is 0 Å². The molecule has 23 heavy (non-hydrogen) atoms. The van der Waals surface area contributed by atoms with E-state index < -0.39 is 17.6 Å². The molecule has 0 radical (unpaired) electrons. The van der Waals surface area contributed by atoms with Gasteiger partial charge in [-0.15, -0.1) is 0 Å². The van der Waals surface area contributed by atoms with Gasteiger partial charge in [-0.25, -0.2) is 13.6 Å². The SMILES string of the molecule is CCOC(=O)c1cnc2c(F)cc(F)cc2c1N1CCOCC1. The first-order valence-electron chi connectivity index (χ1n) is 7.39. The monoisotopic (exact) mass is 322 g/mol. The van der Waals surface area contributed by atoms with Gasteiger partial charge >= 0.3 is 5.97 Å². The van der Waals surface area contributed by atoms with Gasteiger partial charge in [-0.2, -0.15) is 0 Å². The fraction of sp³-hybridized carbons (Fsp3) is 0.375. The number of morpholine rings is 1. The van der Waals surface area contributed by atoms with Crippen molar-refractivity contribution in [2.45, 2.75) is 6.92 Å². The quantitative estimate of drug-likeness (QED) is 0.813. The van der Waals surface area contributed by atoms with E-state index in [1.807, 2.05) is 4.90 Å². The average Bonchev–Trinajstić information content (AvgIpc) is 2.54. The van der Waals surface area contributed by atoms with Gasteiger partial charge in [-0.05, 0) is 13.0 Å².